The lowest BCUT2D eigenvalue weighted by atomic mass is 9.51. The van der Waals surface area contributed by atoms with Crippen LogP contribution in [0, 0.1) is 23.2 Å². The van der Waals surface area contributed by atoms with Crippen LogP contribution in [-0.4, -0.2) is 41.3 Å². The third kappa shape index (κ3) is 3.06. The minimum absolute atomic E-state index is 0.0897. The van der Waals surface area contributed by atoms with Crippen LogP contribution in [0.15, 0.2) is 11.6 Å². The molecule has 0 unspecified atom stereocenters. The monoisotopic (exact) mass is 350 g/mol. The van der Waals surface area contributed by atoms with Crippen LogP contribution in [0.3, 0.4) is 0 Å². The normalized spacial score (nSPS) is 47.2. The molecule has 2 aliphatic carbocycles. The zero-order chi connectivity index (χ0) is 18.6. The maximum absolute atomic E-state index is 12.4. The summed E-state index contributed by atoms with van der Waals surface area (Å²) >= 11 is 0. The number of hydrogen-bond donors (Lipinski definition) is 1. The van der Waals surface area contributed by atoms with Crippen molar-refractivity contribution in [3.8, 4) is 0 Å². The Bertz CT molecular complexity index is 605. The molecule has 1 N–H and O–H groups in total. The molecule has 2 saturated carbocycles. The summed E-state index contributed by atoms with van der Waals surface area (Å²) in [7, 11) is 0. The number of fused-ring (bicyclic) bond motifs is 1. The predicted octanol–water partition coefficient (Wildman–Crippen LogP) is 2.66. The average molecular weight is 350 g/mol. The summed E-state index contributed by atoms with van der Waals surface area (Å²) in [6.07, 6.45) is 1.95. The van der Waals surface area contributed by atoms with Crippen molar-refractivity contribution in [1.82, 2.24) is 0 Å². The molecule has 3 aliphatic rings. The molecule has 1 heterocycles. The van der Waals surface area contributed by atoms with Gasteiger partial charge >= 0.3 is 5.97 Å². The molecule has 1 saturated heterocycles. The van der Waals surface area contributed by atoms with Gasteiger partial charge in [-0.25, -0.2) is 4.79 Å². The zero-order valence-electron chi connectivity index (χ0n) is 15.9. The Morgan fingerprint density at radius 3 is 2.52 bits per heavy atom. The molecule has 5 heteroatoms. The Hall–Kier alpha value is -1.20. The van der Waals surface area contributed by atoms with E-state index >= 15 is 0 Å². The topological polar surface area (TPSA) is 76.1 Å². The van der Waals surface area contributed by atoms with Crippen LogP contribution in [0.5, 0.6) is 0 Å². The maximum Gasteiger partial charge on any atom is 0.333 e. The lowest BCUT2D eigenvalue weighted by Gasteiger charge is -2.56. The summed E-state index contributed by atoms with van der Waals surface area (Å²) in [5, 5.41) is 11.0. The summed E-state index contributed by atoms with van der Waals surface area (Å²) in [6, 6.07) is 0. The summed E-state index contributed by atoms with van der Waals surface area (Å²) in [5.41, 5.74) is 0.0104. The van der Waals surface area contributed by atoms with Crippen LogP contribution in [0.1, 0.15) is 53.9 Å². The van der Waals surface area contributed by atoms with Crippen molar-refractivity contribution in [2.75, 3.05) is 6.61 Å². The van der Waals surface area contributed by atoms with E-state index in [-0.39, 0.29) is 34.6 Å². The maximum atomic E-state index is 12.4. The molecular weight excluding hydrogens is 320 g/mol. The number of aliphatic hydroxyl groups excluding tert-OH is 1. The fourth-order valence-corrected chi connectivity index (χ4v) is 4.80. The molecule has 140 valence electrons. The Labute approximate surface area is 149 Å². The fourth-order valence-electron chi connectivity index (χ4n) is 4.80. The number of ketones is 1. The number of esters is 1. The Morgan fingerprint density at radius 2 is 1.96 bits per heavy atom. The first-order valence-corrected chi connectivity index (χ1v) is 9.30. The van der Waals surface area contributed by atoms with Gasteiger partial charge in [0.25, 0.3) is 0 Å². The molecule has 5 nitrogen and oxygen atoms in total. The highest BCUT2D eigenvalue weighted by Crippen LogP contribution is 2.58. The van der Waals surface area contributed by atoms with E-state index in [4.69, 9.17) is 9.47 Å². The highest BCUT2D eigenvalue weighted by Gasteiger charge is 2.63. The molecule has 0 bridgehead atoms. The smallest absolute Gasteiger partial charge is 0.333 e. The third-order valence-electron chi connectivity index (χ3n) is 7.14. The minimum atomic E-state index is -0.808. The first-order chi connectivity index (χ1) is 11.6. The number of allylic oxidation sites excluding steroid dienone is 1. The Morgan fingerprint density at radius 1 is 1.32 bits per heavy atom. The SMILES string of the molecule is C/C=C(/C)C(=O)O[C@@H]1[C@H](O)[C@@H]([C@]2(C)CO2)C[C@@]2(C)[C@@H]1CC(=O)C[C@@H]2C. The Kier molecular flexibility index (Phi) is 4.61. The number of ether oxygens (including phenoxy) is 2. The largest absolute Gasteiger partial charge is 0.456 e. The van der Waals surface area contributed by atoms with E-state index < -0.39 is 18.2 Å². The van der Waals surface area contributed by atoms with Gasteiger partial charge in [0.15, 0.2) is 0 Å². The van der Waals surface area contributed by atoms with Gasteiger partial charge in [0, 0.05) is 30.3 Å². The summed E-state index contributed by atoms with van der Waals surface area (Å²) in [5.74, 6) is -0.264. The highest BCUT2D eigenvalue weighted by molar-refractivity contribution is 5.88. The third-order valence-corrected chi connectivity index (χ3v) is 7.14. The molecule has 25 heavy (non-hydrogen) atoms. The Balaban J connectivity index is 1.95. The van der Waals surface area contributed by atoms with E-state index in [9.17, 15) is 14.7 Å². The second-order valence-electron chi connectivity index (χ2n) is 8.70. The van der Waals surface area contributed by atoms with Gasteiger partial charge in [-0.05, 0) is 38.5 Å². The molecule has 0 aromatic heterocycles. The molecule has 0 amide bonds. The van der Waals surface area contributed by atoms with E-state index in [0.717, 1.165) is 6.42 Å². The number of aliphatic hydroxyl groups is 1. The van der Waals surface area contributed by atoms with Crippen molar-refractivity contribution in [3.63, 3.8) is 0 Å². The van der Waals surface area contributed by atoms with Gasteiger partial charge in [0.2, 0.25) is 0 Å². The van der Waals surface area contributed by atoms with E-state index in [1.165, 1.54) is 0 Å². The van der Waals surface area contributed by atoms with Crippen LogP contribution in [0.4, 0.5) is 0 Å². The molecule has 1 aliphatic heterocycles. The molecule has 0 spiro atoms. The lowest BCUT2D eigenvalue weighted by Crippen LogP contribution is -2.60. The van der Waals surface area contributed by atoms with Crippen molar-refractivity contribution < 1.29 is 24.2 Å². The van der Waals surface area contributed by atoms with Crippen molar-refractivity contribution in [1.29, 1.82) is 0 Å². The van der Waals surface area contributed by atoms with Crippen molar-refractivity contribution in [2.45, 2.75) is 71.7 Å². The number of Topliss-reactive ketones (excluding diaryl/α,β-unsaturated/α-hetero) is 1. The molecular formula is C20H30O5. The quantitative estimate of drug-likeness (QED) is 0.481. The van der Waals surface area contributed by atoms with E-state index in [0.29, 0.717) is 25.0 Å². The highest BCUT2D eigenvalue weighted by atomic mass is 16.6. The fraction of sp³-hybridized carbons (Fsp3) is 0.800. The first kappa shape index (κ1) is 18.6. The van der Waals surface area contributed by atoms with E-state index in [2.05, 4.69) is 13.8 Å². The number of epoxide rings is 1. The van der Waals surface area contributed by atoms with Gasteiger partial charge in [0.1, 0.15) is 11.9 Å². The molecule has 3 fully saturated rings. The van der Waals surface area contributed by atoms with Crippen LogP contribution in [0.2, 0.25) is 0 Å². The number of hydrogen-bond acceptors (Lipinski definition) is 5. The summed E-state index contributed by atoms with van der Waals surface area (Å²) < 4.78 is 11.4. The minimum Gasteiger partial charge on any atom is -0.456 e. The average Bonchev–Trinajstić information content (AvgIpc) is 3.30. The van der Waals surface area contributed by atoms with Gasteiger partial charge in [-0.2, -0.15) is 0 Å². The summed E-state index contributed by atoms with van der Waals surface area (Å²) in [6.45, 7) is 10.4. The van der Waals surface area contributed by atoms with Crippen molar-refractivity contribution >= 4 is 11.8 Å². The van der Waals surface area contributed by atoms with E-state index in [1.807, 2.05) is 6.92 Å². The van der Waals surface area contributed by atoms with Crippen LogP contribution in [0.25, 0.3) is 0 Å². The standard InChI is InChI=1S/C20H30O5/c1-6-11(2)18(23)25-17-14-8-13(21)7-12(3)19(14,4)9-15(16(17)22)20(5)10-24-20/h6,12,14-17,22H,7-10H2,1-5H3/b11-6-/t12-,14+,15-,16+,17-,19+,20-/m0/s1. The predicted molar refractivity (Wildman–Crippen MR) is 92.8 cm³/mol. The molecule has 7 atom stereocenters. The summed E-state index contributed by atoms with van der Waals surface area (Å²) in [4.78, 5) is 24.6. The molecule has 0 aromatic carbocycles. The number of carbonyl (C=O) groups excluding carboxylic acids is 2. The second kappa shape index (κ2) is 6.20. The van der Waals surface area contributed by atoms with Crippen LogP contribution < -0.4 is 0 Å². The number of carbonyl (C=O) groups is 2. The van der Waals surface area contributed by atoms with Crippen molar-refractivity contribution in [2.24, 2.45) is 23.2 Å². The van der Waals surface area contributed by atoms with Crippen LogP contribution in [-0.2, 0) is 19.1 Å². The molecule has 3 rings (SSSR count). The first-order valence-electron chi connectivity index (χ1n) is 9.30. The number of rotatable bonds is 3. The van der Waals surface area contributed by atoms with Gasteiger partial charge < -0.3 is 14.6 Å². The van der Waals surface area contributed by atoms with Gasteiger partial charge in [0.05, 0.1) is 18.3 Å². The van der Waals surface area contributed by atoms with Gasteiger partial charge in [-0.3, -0.25) is 4.79 Å². The van der Waals surface area contributed by atoms with E-state index in [1.54, 1.807) is 19.9 Å². The lowest BCUT2D eigenvalue weighted by molar-refractivity contribution is -0.195. The zero-order valence-corrected chi connectivity index (χ0v) is 15.9. The van der Waals surface area contributed by atoms with Crippen LogP contribution >= 0.6 is 0 Å². The second-order valence-corrected chi connectivity index (χ2v) is 8.70. The molecule has 0 radical (unpaired) electrons. The van der Waals surface area contributed by atoms with Gasteiger partial charge in [-0.15, -0.1) is 0 Å². The van der Waals surface area contributed by atoms with Crippen molar-refractivity contribution in [3.05, 3.63) is 11.6 Å². The van der Waals surface area contributed by atoms with Gasteiger partial charge in [-0.1, -0.05) is 19.9 Å². The molecule has 0 aromatic rings.